The van der Waals surface area contributed by atoms with Crippen molar-refractivity contribution >= 4 is 25.1 Å². The van der Waals surface area contributed by atoms with Gasteiger partial charge in [0.15, 0.2) is 0 Å². The first-order valence-electron chi connectivity index (χ1n) is 2.44. The standard InChI is InChI=1S/2CH3NO.2CH2O3/c2*2-1-3;2*2-1(3)4/h2*1H,(H2,2,3);2*(H2,2,3,4). The van der Waals surface area contributed by atoms with Crippen LogP contribution in [0.2, 0.25) is 0 Å². The van der Waals surface area contributed by atoms with Crippen LogP contribution in [0.15, 0.2) is 0 Å². The summed E-state index contributed by atoms with van der Waals surface area (Å²) in [5.41, 5.74) is 8.33. The number of hydrogen-bond acceptors (Lipinski definition) is 4. The summed E-state index contributed by atoms with van der Waals surface area (Å²) in [6.45, 7) is 0. The summed E-state index contributed by atoms with van der Waals surface area (Å²) in [7, 11) is 0. The van der Waals surface area contributed by atoms with Crippen LogP contribution < -0.4 is 11.5 Å². The van der Waals surface area contributed by atoms with Gasteiger partial charge in [-0.2, -0.15) is 0 Å². The van der Waals surface area contributed by atoms with E-state index in [-0.39, 0.29) is 12.8 Å². The molecule has 0 aliphatic heterocycles. The van der Waals surface area contributed by atoms with Crippen LogP contribution in [-0.2, 0) is 9.59 Å². The van der Waals surface area contributed by atoms with Crippen molar-refractivity contribution in [1.82, 2.24) is 0 Å². The fourth-order valence-corrected chi connectivity index (χ4v) is 0. The third-order valence-electron chi connectivity index (χ3n) is 0. The molecule has 10 heteroatoms. The van der Waals surface area contributed by atoms with Crippen LogP contribution in [0.1, 0.15) is 0 Å². The number of rotatable bonds is 0. The zero-order valence-corrected chi connectivity index (χ0v) is 6.73. The Morgan fingerprint density at radius 1 is 0.786 bits per heavy atom. The maximum absolute atomic E-state index is 8.58. The molecule has 0 heterocycles. The van der Waals surface area contributed by atoms with Gasteiger partial charge in [-0.25, -0.2) is 9.59 Å². The highest BCUT2D eigenvalue weighted by Crippen LogP contribution is 1.43. The molecule has 0 saturated carbocycles. The lowest BCUT2D eigenvalue weighted by molar-refractivity contribution is -0.107. The zero-order chi connectivity index (χ0) is 12.6. The largest absolute Gasteiger partial charge is 0.503 e. The van der Waals surface area contributed by atoms with Crippen molar-refractivity contribution in [3.63, 3.8) is 0 Å². The molecule has 84 valence electrons. The maximum Gasteiger partial charge on any atom is 0.503 e. The first-order valence-corrected chi connectivity index (χ1v) is 2.44. The van der Waals surface area contributed by atoms with Crippen molar-refractivity contribution < 1.29 is 39.6 Å². The van der Waals surface area contributed by atoms with E-state index in [2.05, 4.69) is 11.5 Å². The SMILES string of the molecule is NC=O.NC=O.O=C(O)O.O=C(O)O. The molecule has 0 aromatic carbocycles. The van der Waals surface area contributed by atoms with E-state index in [1.807, 2.05) is 0 Å². The molecule has 8 N–H and O–H groups in total. The third-order valence-corrected chi connectivity index (χ3v) is 0. The highest BCUT2D eigenvalue weighted by molar-refractivity contribution is 5.53. The van der Waals surface area contributed by atoms with Crippen molar-refractivity contribution in [2.24, 2.45) is 11.5 Å². The lowest BCUT2D eigenvalue weighted by atomic mass is 11.5. The summed E-state index contributed by atoms with van der Waals surface area (Å²) in [6, 6.07) is 0. The predicted molar refractivity (Wildman–Crippen MR) is 41.8 cm³/mol. The van der Waals surface area contributed by atoms with Gasteiger partial charge in [-0.05, 0) is 0 Å². The molecule has 0 aliphatic carbocycles. The van der Waals surface area contributed by atoms with E-state index in [9.17, 15) is 0 Å². The lowest BCUT2D eigenvalue weighted by Gasteiger charge is -1.60. The lowest BCUT2D eigenvalue weighted by Crippen LogP contribution is -1.82. The summed E-state index contributed by atoms with van der Waals surface area (Å²) in [5, 5.41) is 27.9. The molecule has 0 bridgehead atoms. The average Bonchev–Trinajstić information content (AvgIpc) is 1.85. The van der Waals surface area contributed by atoms with Gasteiger partial charge in [-0.3, -0.25) is 9.59 Å². The molecule has 0 fully saturated rings. The van der Waals surface area contributed by atoms with Crippen LogP contribution in [0.3, 0.4) is 0 Å². The molecule has 0 radical (unpaired) electrons. The van der Waals surface area contributed by atoms with Gasteiger partial charge >= 0.3 is 12.3 Å². The van der Waals surface area contributed by atoms with Gasteiger partial charge in [0.2, 0.25) is 12.8 Å². The van der Waals surface area contributed by atoms with E-state index in [0.717, 1.165) is 0 Å². The quantitative estimate of drug-likeness (QED) is 0.265. The summed E-state index contributed by atoms with van der Waals surface area (Å²) in [4.78, 5) is 34.3. The number of hydrogen-bond donors (Lipinski definition) is 6. The topological polar surface area (TPSA) is 201 Å². The summed E-state index contributed by atoms with van der Waals surface area (Å²) in [5.74, 6) is 0. The Bertz CT molecular complexity index is 131. The fourth-order valence-electron chi connectivity index (χ4n) is 0. The zero-order valence-electron chi connectivity index (χ0n) is 6.73. The molecule has 0 spiro atoms. The second-order valence-electron chi connectivity index (χ2n) is 0.837. The predicted octanol–water partition coefficient (Wildman–Crippen LogP) is -1.35. The van der Waals surface area contributed by atoms with Gasteiger partial charge in [0, 0.05) is 0 Å². The Hall–Kier alpha value is -2.52. The number of carbonyl (C=O) groups is 4. The Balaban J connectivity index is -0.0000000482. The molecule has 0 aromatic rings. The molecular formula is C4H10N2O8. The van der Waals surface area contributed by atoms with Crippen LogP contribution in [0.5, 0.6) is 0 Å². The fraction of sp³-hybridized carbons (Fsp3) is 0. The molecular weight excluding hydrogens is 204 g/mol. The third kappa shape index (κ3) is 107. The molecule has 14 heavy (non-hydrogen) atoms. The summed E-state index contributed by atoms with van der Waals surface area (Å²) >= 11 is 0. The van der Waals surface area contributed by atoms with Crippen molar-refractivity contribution in [1.29, 1.82) is 0 Å². The smallest absolute Gasteiger partial charge is 0.450 e. The van der Waals surface area contributed by atoms with E-state index >= 15 is 0 Å². The first-order chi connectivity index (χ1) is 6.29. The van der Waals surface area contributed by atoms with Crippen LogP contribution in [0.4, 0.5) is 9.59 Å². The minimum Gasteiger partial charge on any atom is -0.450 e. The number of carboxylic acid groups (broad SMARTS) is 4. The summed E-state index contributed by atoms with van der Waals surface area (Å²) in [6.07, 6.45) is -3.17. The monoisotopic (exact) mass is 214 g/mol. The summed E-state index contributed by atoms with van der Waals surface area (Å²) < 4.78 is 0. The normalized spacial score (nSPS) is 5.14. The minimum atomic E-state index is -1.83. The Kier molecular flexibility index (Phi) is 50.5. The van der Waals surface area contributed by atoms with Crippen LogP contribution in [0, 0.1) is 0 Å². The van der Waals surface area contributed by atoms with E-state index in [1.165, 1.54) is 0 Å². The second kappa shape index (κ2) is 31.4. The van der Waals surface area contributed by atoms with Crippen molar-refractivity contribution in [2.45, 2.75) is 0 Å². The first kappa shape index (κ1) is 22.5. The highest BCUT2D eigenvalue weighted by Gasteiger charge is 1.70. The van der Waals surface area contributed by atoms with E-state index in [4.69, 9.17) is 39.6 Å². The van der Waals surface area contributed by atoms with Crippen LogP contribution in [-0.4, -0.2) is 45.6 Å². The van der Waals surface area contributed by atoms with Crippen molar-refractivity contribution in [2.75, 3.05) is 0 Å². The molecule has 0 aromatic heterocycles. The van der Waals surface area contributed by atoms with Crippen LogP contribution >= 0.6 is 0 Å². The Morgan fingerprint density at radius 2 is 0.786 bits per heavy atom. The van der Waals surface area contributed by atoms with Crippen molar-refractivity contribution in [3.05, 3.63) is 0 Å². The van der Waals surface area contributed by atoms with E-state index in [0.29, 0.717) is 0 Å². The van der Waals surface area contributed by atoms with Gasteiger partial charge in [-0.1, -0.05) is 0 Å². The van der Waals surface area contributed by atoms with Crippen LogP contribution in [0.25, 0.3) is 0 Å². The number of primary amides is 2. The second-order valence-corrected chi connectivity index (χ2v) is 0.837. The molecule has 0 unspecified atom stereocenters. The van der Waals surface area contributed by atoms with Gasteiger partial charge in [0.25, 0.3) is 0 Å². The van der Waals surface area contributed by atoms with Crippen molar-refractivity contribution in [3.8, 4) is 0 Å². The number of nitrogens with two attached hydrogens (primary N) is 2. The molecule has 0 rings (SSSR count). The molecule has 0 aliphatic rings. The van der Waals surface area contributed by atoms with Gasteiger partial charge in [0.1, 0.15) is 0 Å². The number of amides is 2. The minimum absolute atomic E-state index is 0.250. The molecule has 2 amide bonds. The highest BCUT2D eigenvalue weighted by atomic mass is 16.6. The van der Waals surface area contributed by atoms with E-state index in [1.54, 1.807) is 0 Å². The Labute approximate surface area is 77.4 Å². The number of carbonyl (C=O) groups excluding carboxylic acids is 2. The van der Waals surface area contributed by atoms with Gasteiger partial charge in [0.05, 0.1) is 0 Å². The van der Waals surface area contributed by atoms with Gasteiger partial charge in [-0.15, -0.1) is 0 Å². The molecule has 0 atom stereocenters. The van der Waals surface area contributed by atoms with E-state index < -0.39 is 12.3 Å². The molecule has 0 saturated heterocycles. The van der Waals surface area contributed by atoms with Gasteiger partial charge < -0.3 is 31.9 Å². The Morgan fingerprint density at radius 3 is 0.786 bits per heavy atom. The molecule has 10 nitrogen and oxygen atoms in total. The maximum atomic E-state index is 8.58. The average molecular weight is 214 g/mol.